The number of aromatic nitrogens is 2. The number of aliphatic hydroxyl groups is 1. The van der Waals surface area contributed by atoms with Gasteiger partial charge in [-0.05, 0) is 30.2 Å². The van der Waals surface area contributed by atoms with Crippen molar-refractivity contribution >= 4 is 33.6 Å². The molecule has 0 unspecified atom stereocenters. The number of carbonyl (C=O) groups is 2. The van der Waals surface area contributed by atoms with Crippen LogP contribution in [-0.4, -0.2) is 50.8 Å². The highest BCUT2D eigenvalue weighted by atomic mass is 16.5. The molecule has 0 saturated heterocycles. The van der Waals surface area contributed by atoms with Crippen molar-refractivity contribution in [2.45, 2.75) is 6.42 Å². The molecular formula is C27H22N2O7. The van der Waals surface area contributed by atoms with Gasteiger partial charge < -0.3 is 34.4 Å². The van der Waals surface area contributed by atoms with Crippen LogP contribution in [0.4, 0.5) is 0 Å². The van der Waals surface area contributed by atoms with E-state index in [1.54, 1.807) is 42.6 Å². The molecule has 0 spiro atoms. The third-order valence-corrected chi connectivity index (χ3v) is 6.10. The summed E-state index contributed by atoms with van der Waals surface area (Å²) in [5.74, 6) is -3.11. The van der Waals surface area contributed by atoms with Crippen molar-refractivity contribution in [1.82, 2.24) is 9.97 Å². The van der Waals surface area contributed by atoms with Crippen LogP contribution < -0.4 is 4.74 Å². The number of aliphatic hydroxyl groups excluding tert-OH is 1. The zero-order valence-electron chi connectivity index (χ0n) is 19.2. The van der Waals surface area contributed by atoms with Crippen LogP contribution in [0.3, 0.4) is 0 Å². The number of hydrogen-bond donors (Lipinski definition) is 5. The molecule has 5 N–H and O–H groups in total. The third kappa shape index (κ3) is 3.71. The molecule has 9 heteroatoms. The zero-order chi connectivity index (χ0) is 25.4. The molecule has 0 saturated carbocycles. The number of hydrogen-bond acceptors (Lipinski definition) is 6. The van der Waals surface area contributed by atoms with Gasteiger partial charge in [0.1, 0.15) is 5.75 Å². The minimum absolute atomic E-state index is 0.0698. The van der Waals surface area contributed by atoms with Crippen molar-refractivity contribution in [3.8, 4) is 22.6 Å². The number of furan rings is 1. The molecule has 2 aromatic carbocycles. The lowest BCUT2D eigenvalue weighted by Gasteiger charge is -2.02. The molecule has 0 amide bonds. The van der Waals surface area contributed by atoms with Gasteiger partial charge in [-0.3, -0.25) is 4.79 Å². The predicted octanol–water partition coefficient (Wildman–Crippen LogP) is 4.64. The lowest BCUT2D eigenvalue weighted by atomic mass is 10.0. The number of H-pyrrole nitrogens is 2. The number of allylic oxidation sites excluding steroid dienone is 1. The Hall–Kier alpha value is -4.76. The number of ether oxygens (including phenoxy) is 1. The van der Waals surface area contributed by atoms with Crippen LogP contribution >= 0.6 is 0 Å². The van der Waals surface area contributed by atoms with Crippen LogP contribution in [0.5, 0.6) is 11.5 Å². The van der Waals surface area contributed by atoms with Crippen LogP contribution in [0.1, 0.15) is 32.2 Å². The fourth-order valence-corrected chi connectivity index (χ4v) is 4.39. The van der Waals surface area contributed by atoms with Gasteiger partial charge in [0.05, 0.1) is 24.8 Å². The molecular weight excluding hydrogens is 464 g/mol. The van der Waals surface area contributed by atoms with Gasteiger partial charge in [0.2, 0.25) is 17.3 Å². The molecule has 0 bridgehead atoms. The molecule has 0 fully saturated rings. The van der Waals surface area contributed by atoms with Gasteiger partial charge in [-0.15, -0.1) is 0 Å². The normalized spacial score (nSPS) is 11.6. The van der Waals surface area contributed by atoms with E-state index in [1.807, 2.05) is 12.1 Å². The van der Waals surface area contributed by atoms with Crippen LogP contribution in [-0.2, 0) is 6.42 Å². The number of para-hydroxylation sites is 1. The first-order chi connectivity index (χ1) is 17.4. The number of methoxy groups -OCH3 is 1. The van der Waals surface area contributed by atoms with Gasteiger partial charge in [0.15, 0.2) is 5.75 Å². The summed E-state index contributed by atoms with van der Waals surface area (Å²) in [6.45, 7) is -0.0698. The molecule has 0 aliphatic heterocycles. The average Bonchev–Trinajstić information content (AvgIpc) is 3.58. The second-order valence-corrected chi connectivity index (χ2v) is 8.13. The number of carboxylic acids is 1. The maximum atomic E-state index is 13.5. The largest absolute Gasteiger partial charge is 0.504 e. The maximum Gasteiger partial charge on any atom is 0.372 e. The molecule has 3 heterocycles. The van der Waals surface area contributed by atoms with Crippen molar-refractivity contribution in [3.63, 3.8) is 0 Å². The van der Waals surface area contributed by atoms with Crippen molar-refractivity contribution in [2.24, 2.45) is 0 Å². The Balaban J connectivity index is 1.63. The van der Waals surface area contributed by atoms with Crippen molar-refractivity contribution in [3.05, 3.63) is 83.6 Å². The molecule has 182 valence electrons. The number of rotatable bonds is 8. The standard InChI is InChI=1S/C27H22N2O7/c1-35-15-8-9-20-17(11-15)18(12-28-20)21-24(32)26(36-25(21)27(33)34)23(31)19-13-29-22-14(5-2-3-10-30)6-4-7-16(19)22/h2-4,6-9,11-13,28-30,32H,5,10H2,1H3,(H,33,34). The predicted molar refractivity (Wildman–Crippen MR) is 133 cm³/mol. The van der Waals surface area contributed by atoms with Gasteiger partial charge in [-0.25, -0.2) is 4.79 Å². The van der Waals surface area contributed by atoms with E-state index < -0.39 is 29.0 Å². The molecule has 3 aromatic heterocycles. The summed E-state index contributed by atoms with van der Waals surface area (Å²) < 4.78 is 10.8. The van der Waals surface area contributed by atoms with Gasteiger partial charge in [-0.2, -0.15) is 0 Å². The number of aromatic carboxylic acids is 1. The lowest BCUT2D eigenvalue weighted by molar-refractivity contribution is 0.0661. The van der Waals surface area contributed by atoms with E-state index in [2.05, 4.69) is 9.97 Å². The number of aromatic hydroxyl groups is 1. The first kappa shape index (κ1) is 23.0. The van der Waals surface area contributed by atoms with E-state index in [-0.39, 0.29) is 17.7 Å². The number of fused-ring (bicyclic) bond motifs is 2. The van der Waals surface area contributed by atoms with E-state index in [1.165, 1.54) is 13.3 Å². The molecule has 0 aliphatic rings. The first-order valence-corrected chi connectivity index (χ1v) is 11.1. The van der Waals surface area contributed by atoms with E-state index >= 15 is 0 Å². The molecule has 36 heavy (non-hydrogen) atoms. The summed E-state index contributed by atoms with van der Waals surface area (Å²) >= 11 is 0. The zero-order valence-corrected chi connectivity index (χ0v) is 19.2. The van der Waals surface area contributed by atoms with Crippen LogP contribution in [0.2, 0.25) is 0 Å². The summed E-state index contributed by atoms with van der Waals surface area (Å²) in [7, 11) is 1.51. The topological polar surface area (TPSA) is 149 Å². The number of carboxylic acid groups (broad SMARTS) is 1. The van der Waals surface area contributed by atoms with Crippen molar-refractivity contribution < 1.29 is 34.1 Å². The SMILES string of the molecule is COc1ccc2[nH]cc(-c3c(C(=O)O)oc(C(=O)c4c[nH]c5c(CC=CCO)cccc45)c3O)c2c1. The minimum Gasteiger partial charge on any atom is -0.504 e. The van der Waals surface area contributed by atoms with Crippen LogP contribution in [0.15, 0.2) is 65.4 Å². The highest BCUT2D eigenvalue weighted by molar-refractivity contribution is 6.18. The van der Waals surface area contributed by atoms with E-state index in [0.717, 1.165) is 11.1 Å². The summed E-state index contributed by atoms with van der Waals surface area (Å²) in [6, 6.07) is 10.7. The van der Waals surface area contributed by atoms with Gasteiger partial charge in [-0.1, -0.05) is 30.4 Å². The average molecular weight is 486 g/mol. The third-order valence-electron chi connectivity index (χ3n) is 6.10. The Morgan fingerprint density at radius 1 is 1.06 bits per heavy atom. The van der Waals surface area contributed by atoms with Gasteiger partial charge in [0.25, 0.3) is 0 Å². The molecule has 5 rings (SSSR count). The second kappa shape index (κ2) is 9.12. The molecule has 5 aromatic rings. The molecule has 0 radical (unpaired) electrons. The fourth-order valence-electron chi connectivity index (χ4n) is 4.39. The summed E-state index contributed by atoms with van der Waals surface area (Å²) in [5.41, 5.74) is 2.80. The summed E-state index contributed by atoms with van der Waals surface area (Å²) in [4.78, 5) is 31.7. The number of ketones is 1. The van der Waals surface area contributed by atoms with Gasteiger partial charge >= 0.3 is 5.97 Å². The maximum absolute atomic E-state index is 13.5. The Morgan fingerprint density at radius 2 is 1.89 bits per heavy atom. The number of benzene rings is 2. The lowest BCUT2D eigenvalue weighted by Crippen LogP contribution is -1.99. The molecule has 0 aliphatic carbocycles. The highest BCUT2D eigenvalue weighted by Crippen LogP contribution is 2.43. The number of nitrogens with one attached hydrogen (secondary N) is 2. The monoisotopic (exact) mass is 486 g/mol. The Morgan fingerprint density at radius 3 is 2.64 bits per heavy atom. The minimum atomic E-state index is -1.42. The highest BCUT2D eigenvalue weighted by Gasteiger charge is 2.32. The fraction of sp³-hybridized carbons (Fsp3) is 0.111. The van der Waals surface area contributed by atoms with Crippen LogP contribution in [0, 0.1) is 0 Å². The van der Waals surface area contributed by atoms with E-state index in [0.29, 0.717) is 34.0 Å². The Labute approximate surface area is 204 Å². The Bertz CT molecular complexity index is 1650. The van der Waals surface area contributed by atoms with Crippen molar-refractivity contribution in [1.29, 1.82) is 0 Å². The quantitative estimate of drug-likeness (QED) is 0.158. The van der Waals surface area contributed by atoms with E-state index in [4.69, 9.17) is 14.3 Å². The summed E-state index contributed by atoms with van der Waals surface area (Å²) in [6.07, 6.45) is 7.04. The smallest absolute Gasteiger partial charge is 0.372 e. The second-order valence-electron chi connectivity index (χ2n) is 8.13. The first-order valence-electron chi connectivity index (χ1n) is 11.1. The van der Waals surface area contributed by atoms with Crippen molar-refractivity contribution in [2.75, 3.05) is 13.7 Å². The number of aromatic amines is 2. The molecule has 0 atom stereocenters. The van der Waals surface area contributed by atoms with E-state index in [9.17, 15) is 19.8 Å². The van der Waals surface area contributed by atoms with Gasteiger partial charge in [0, 0.05) is 39.8 Å². The number of carbonyl (C=O) groups excluding carboxylic acids is 1. The Kier molecular flexibility index (Phi) is 5.83. The molecule has 9 nitrogen and oxygen atoms in total. The summed E-state index contributed by atoms with van der Waals surface area (Å²) in [5, 5.41) is 31.1. The van der Waals surface area contributed by atoms with Crippen LogP contribution in [0.25, 0.3) is 32.9 Å².